The number of nitrogens with zero attached hydrogens (tertiary/aromatic N) is 4. The van der Waals surface area contributed by atoms with Gasteiger partial charge in [0.2, 0.25) is 5.95 Å². The predicted molar refractivity (Wildman–Crippen MR) is 124 cm³/mol. The first-order chi connectivity index (χ1) is 14.6. The summed E-state index contributed by atoms with van der Waals surface area (Å²) < 4.78 is 1.90. The lowest BCUT2D eigenvalue weighted by Crippen LogP contribution is -2.26. The zero-order chi connectivity index (χ0) is 22.9. The molecule has 31 heavy (non-hydrogen) atoms. The molecule has 0 bridgehead atoms. The molecule has 0 aliphatic heterocycles. The summed E-state index contributed by atoms with van der Waals surface area (Å²) in [6.45, 7) is 10.9. The van der Waals surface area contributed by atoms with Gasteiger partial charge in [-0.3, -0.25) is 4.68 Å². The number of aromatic nitrogens is 4. The van der Waals surface area contributed by atoms with Crippen LogP contribution in [0.4, 0.5) is 11.8 Å². The third-order valence-corrected chi connectivity index (χ3v) is 5.09. The van der Waals surface area contributed by atoms with Gasteiger partial charge in [-0.15, -0.1) is 0 Å². The topological polar surface area (TPSA) is 134 Å². The van der Waals surface area contributed by atoms with Gasteiger partial charge in [-0.2, -0.15) is 10.1 Å². The average molecular weight is 448 g/mol. The van der Waals surface area contributed by atoms with Crippen LogP contribution in [0.15, 0.2) is 12.1 Å². The molecule has 0 amide bonds. The van der Waals surface area contributed by atoms with Crippen molar-refractivity contribution < 1.29 is 10.2 Å². The lowest BCUT2D eigenvalue weighted by Gasteiger charge is -2.15. The third-order valence-electron chi connectivity index (χ3n) is 4.78. The Hall–Kier alpha value is -2.78. The van der Waals surface area contributed by atoms with Gasteiger partial charge in [0.05, 0.1) is 10.7 Å². The molecule has 0 saturated carbocycles. The molecular weight excluding hydrogens is 418 g/mol. The van der Waals surface area contributed by atoms with Gasteiger partial charge < -0.3 is 26.6 Å². The summed E-state index contributed by atoms with van der Waals surface area (Å²) in [7, 11) is 0. The Bertz CT molecular complexity index is 1080. The second-order valence-electron chi connectivity index (χ2n) is 8.32. The number of hydrogen-bond acceptors (Lipinski definition) is 8. The van der Waals surface area contributed by atoms with Crippen molar-refractivity contribution in [3.63, 3.8) is 0 Å². The van der Waals surface area contributed by atoms with Gasteiger partial charge in [0, 0.05) is 36.8 Å². The number of aromatic hydroxyl groups is 2. The number of nitrogens with two attached hydrogens (primary N) is 1. The SMILES string of the molecule is CC(N)CNc1nc(NCc2cc(O)c(Cl)cc2O)c2c(n1)c(C(C)C)nn2C(C)C. The fourth-order valence-corrected chi connectivity index (χ4v) is 3.35. The Morgan fingerprint density at radius 3 is 2.39 bits per heavy atom. The van der Waals surface area contributed by atoms with Crippen molar-refractivity contribution in [3.8, 4) is 11.5 Å². The van der Waals surface area contributed by atoms with E-state index in [0.29, 0.717) is 23.9 Å². The second-order valence-corrected chi connectivity index (χ2v) is 8.72. The van der Waals surface area contributed by atoms with Crippen molar-refractivity contribution in [1.29, 1.82) is 0 Å². The van der Waals surface area contributed by atoms with E-state index in [0.717, 1.165) is 16.7 Å². The molecule has 0 fully saturated rings. The first-order valence-corrected chi connectivity index (χ1v) is 10.7. The van der Waals surface area contributed by atoms with Crippen molar-refractivity contribution in [2.24, 2.45) is 5.73 Å². The summed E-state index contributed by atoms with van der Waals surface area (Å²) in [5.74, 6) is 1.07. The zero-order valence-corrected chi connectivity index (χ0v) is 19.2. The van der Waals surface area contributed by atoms with Crippen LogP contribution in [0.1, 0.15) is 57.8 Å². The van der Waals surface area contributed by atoms with Crippen molar-refractivity contribution in [1.82, 2.24) is 19.7 Å². The van der Waals surface area contributed by atoms with E-state index in [-0.39, 0.29) is 41.1 Å². The molecule has 1 unspecified atom stereocenters. The Balaban J connectivity index is 2.09. The van der Waals surface area contributed by atoms with Crippen molar-refractivity contribution in [2.75, 3.05) is 17.2 Å². The van der Waals surface area contributed by atoms with Crippen LogP contribution in [0.3, 0.4) is 0 Å². The normalized spacial score (nSPS) is 12.7. The molecular formula is C21H30ClN7O2. The summed E-state index contributed by atoms with van der Waals surface area (Å²) in [6, 6.07) is 2.77. The molecule has 0 spiro atoms. The van der Waals surface area contributed by atoms with Crippen molar-refractivity contribution in [3.05, 3.63) is 28.4 Å². The first-order valence-electron chi connectivity index (χ1n) is 10.3. The van der Waals surface area contributed by atoms with E-state index >= 15 is 0 Å². The maximum atomic E-state index is 10.2. The maximum absolute atomic E-state index is 10.2. The fraction of sp³-hybridized carbons (Fsp3) is 0.476. The van der Waals surface area contributed by atoms with Crippen LogP contribution in [0.2, 0.25) is 5.02 Å². The average Bonchev–Trinajstić information content (AvgIpc) is 3.08. The van der Waals surface area contributed by atoms with Gasteiger partial charge in [0.1, 0.15) is 22.5 Å². The van der Waals surface area contributed by atoms with Gasteiger partial charge in [-0.05, 0) is 32.8 Å². The number of phenolic OH excluding ortho intramolecular Hbond substituents is 2. The van der Waals surface area contributed by atoms with Gasteiger partial charge in [0.15, 0.2) is 5.82 Å². The molecule has 0 radical (unpaired) electrons. The van der Waals surface area contributed by atoms with Crippen LogP contribution in [0.5, 0.6) is 11.5 Å². The highest BCUT2D eigenvalue weighted by atomic mass is 35.5. The third kappa shape index (κ3) is 4.94. The monoisotopic (exact) mass is 447 g/mol. The van der Waals surface area contributed by atoms with Gasteiger partial charge in [0.25, 0.3) is 0 Å². The molecule has 0 aliphatic carbocycles. The van der Waals surface area contributed by atoms with Crippen LogP contribution in [0.25, 0.3) is 11.0 Å². The summed E-state index contributed by atoms with van der Waals surface area (Å²) in [6.07, 6.45) is 0. The van der Waals surface area contributed by atoms with E-state index in [2.05, 4.69) is 29.5 Å². The van der Waals surface area contributed by atoms with Crippen LogP contribution in [0, 0.1) is 0 Å². The fourth-order valence-electron chi connectivity index (χ4n) is 3.20. The first kappa shape index (κ1) is 22.9. The lowest BCUT2D eigenvalue weighted by molar-refractivity contribution is 0.455. The molecule has 3 aromatic rings. The smallest absolute Gasteiger partial charge is 0.225 e. The molecule has 2 heterocycles. The van der Waals surface area contributed by atoms with Gasteiger partial charge in [-0.1, -0.05) is 25.4 Å². The molecule has 0 saturated heterocycles. The van der Waals surface area contributed by atoms with Crippen LogP contribution in [-0.2, 0) is 6.54 Å². The number of benzene rings is 1. The quantitative estimate of drug-likeness (QED) is 0.327. The number of hydrogen-bond donors (Lipinski definition) is 5. The van der Waals surface area contributed by atoms with Gasteiger partial charge >= 0.3 is 0 Å². The molecule has 6 N–H and O–H groups in total. The molecule has 168 valence electrons. The van der Waals surface area contributed by atoms with E-state index in [9.17, 15) is 10.2 Å². The molecule has 2 aromatic heterocycles. The second kappa shape index (κ2) is 9.15. The Labute approximate surface area is 186 Å². The Morgan fingerprint density at radius 2 is 1.77 bits per heavy atom. The molecule has 9 nitrogen and oxygen atoms in total. The summed E-state index contributed by atoms with van der Waals surface area (Å²) in [5.41, 5.74) is 8.78. The maximum Gasteiger partial charge on any atom is 0.225 e. The highest BCUT2D eigenvalue weighted by Gasteiger charge is 2.22. The van der Waals surface area contributed by atoms with Crippen LogP contribution >= 0.6 is 11.6 Å². The number of anilines is 2. The van der Waals surface area contributed by atoms with E-state index < -0.39 is 0 Å². The van der Waals surface area contributed by atoms with Crippen molar-refractivity contribution in [2.45, 2.75) is 59.2 Å². The highest BCUT2D eigenvalue weighted by Crippen LogP contribution is 2.33. The van der Waals surface area contributed by atoms with E-state index in [1.807, 2.05) is 25.5 Å². The van der Waals surface area contributed by atoms with Crippen LogP contribution in [-0.4, -0.2) is 42.5 Å². The Morgan fingerprint density at radius 1 is 1.06 bits per heavy atom. The van der Waals surface area contributed by atoms with Gasteiger partial charge in [-0.25, -0.2) is 4.98 Å². The van der Waals surface area contributed by atoms with E-state index in [4.69, 9.17) is 27.4 Å². The number of nitrogens with one attached hydrogen (secondary N) is 2. The summed E-state index contributed by atoms with van der Waals surface area (Å²) in [4.78, 5) is 9.38. The van der Waals surface area contributed by atoms with Crippen molar-refractivity contribution >= 4 is 34.4 Å². The summed E-state index contributed by atoms with van der Waals surface area (Å²) >= 11 is 5.87. The lowest BCUT2D eigenvalue weighted by atomic mass is 10.1. The largest absolute Gasteiger partial charge is 0.508 e. The molecule has 1 atom stereocenters. The highest BCUT2D eigenvalue weighted by molar-refractivity contribution is 6.32. The predicted octanol–water partition coefficient (Wildman–Crippen LogP) is 3.97. The molecule has 3 rings (SSSR count). The zero-order valence-electron chi connectivity index (χ0n) is 18.4. The minimum absolute atomic E-state index is 0.0175. The molecule has 0 aliphatic rings. The summed E-state index contributed by atoms with van der Waals surface area (Å²) in [5, 5.41) is 31.5. The minimum atomic E-state index is -0.0993. The number of phenols is 2. The van der Waals surface area contributed by atoms with E-state index in [1.54, 1.807) is 0 Å². The number of rotatable bonds is 8. The molecule has 10 heteroatoms. The van der Waals surface area contributed by atoms with E-state index in [1.165, 1.54) is 12.1 Å². The molecule has 1 aromatic carbocycles. The number of halogens is 1. The standard InChI is InChI=1S/C21H30ClN7O2/c1-10(2)17-18-19(29(28-17)11(3)4)20(27-21(26-18)25-8-12(5)23)24-9-13-6-16(31)14(22)7-15(13)30/h6-7,10-12,30-31H,8-9,23H2,1-5H3,(H2,24,25,26,27). The number of fused-ring (bicyclic) bond motifs is 1. The minimum Gasteiger partial charge on any atom is -0.508 e. The Kier molecular flexibility index (Phi) is 6.76. The van der Waals surface area contributed by atoms with Crippen LogP contribution < -0.4 is 16.4 Å².